The highest BCUT2D eigenvalue weighted by Gasteiger charge is 2.27. The van der Waals surface area contributed by atoms with Crippen LogP contribution in [0.3, 0.4) is 0 Å². The zero-order valence-corrected chi connectivity index (χ0v) is 17.3. The molecule has 0 amide bonds. The minimum Gasteiger partial charge on any atom is -0.490 e. The van der Waals surface area contributed by atoms with Gasteiger partial charge in [-0.25, -0.2) is 4.98 Å². The Morgan fingerprint density at radius 2 is 2.07 bits per heavy atom. The van der Waals surface area contributed by atoms with Crippen molar-refractivity contribution in [3.05, 3.63) is 59.3 Å². The molecule has 1 unspecified atom stereocenters. The lowest BCUT2D eigenvalue weighted by Gasteiger charge is -2.20. The molecule has 1 aliphatic rings. The van der Waals surface area contributed by atoms with E-state index in [2.05, 4.69) is 48.2 Å². The van der Waals surface area contributed by atoms with Gasteiger partial charge in [0, 0.05) is 17.2 Å². The molecular formula is C24H25N3O2. The second kappa shape index (κ2) is 7.73. The number of aromatic nitrogens is 1. The molecule has 0 spiro atoms. The third kappa shape index (κ3) is 3.64. The molecule has 5 heteroatoms. The van der Waals surface area contributed by atoms with Crippen molar-refractivity contribution < 1.29 is 9.15 Å². The van der Waals surface area contributed by atoms with Gasteiger partial charge in [0.1, 0.15) is 11.8 Å². The maximum absolute atomic E-state index is 9.48. The van der Waals surface area contributed by atoms with E-state index < -0.39 is 0 Å². The van der Waals surface area contributed by atoms with Crippen LogP contribution in [0.25, 0.3) is 22.8 Å². The number of ether oxygens (including phenoxy) is 1. The van der Waals surface area contributed by atoms with Crippen LogP contribution in [0.2, 0.25) is 0 Å². The standard InChI is InChI=1S/C24H25N3O2/c1-15(2)28-22-11-8-16(12-17(22)13-25)24-26-14-23(29-24)20-7-5-6-19-18(20)9-10-21(19)27(3)4/h5-8,11-12,14-15,21H,9-10H2,1-4H3. The molecule has 0 saturated heterocycles. The van der Waals surface area contributed by atoms with E-state index in [1.54, 1.807) is 18.3 Å². The Morgan fingerprint density at radius 3 is 2.79 bits per heavy atom. The van der Waals surface area contributed by atoms with Gasteiger partial charge in [0.05, 0.1) is 17.9 Å². The van der Waals surface area contributed by atoms with Gasteiger partial charge in [-0.2, -0.15) is 5.26 Å². The lowest BCUT2D eigenvalue weighted by Crippen LogP contribution is -2.17. The lowest BCUT2D eigenvalue weighted by molar-refractivity contribution is 0.242. The van der Waals surface area contributed by atoms with Gasteiger partial charge in [-0.3, -0.25) is 0 Å². The largest absolute Gasteiger partial charge is 0.490 e. The van der Waals surface area contributed by atoms with Crippen LogP contribution < -0.4 is 4.74 Å². The fourth-order valence-electron chi connectivity index (χ4n) is 4.04. The molecule has 29 heavy (non-hydrogen) atoms. The number of hydrogen-bond acceptors (Lipinski definition) is 5. The Kier molecular flexibility index (Phi) is 5.12. The van der Waals surface area contributed by atoms with Crippen molar-refractivity contribution in [2.24, 2.45) is 0 Å². The normalized spacial score (nSPS) is 15.6. The fraction of sp³-hybridized carbons (Fsp3) is 0.333. The molecule has 0 N–H and O–H groups in total. The lowest BCUT2D eigenvalue weighted by atomic mass is 10.0. The molecule has 3 aromatic rings. The molecule has 0 bridgehead atoms. The quantitative estimate of drug-likeness (QED) is 0.601. The molecule has 1 aromatic heterocycles. The van der Waals surface area contributed by atoms with E-state index in [0.717, 1.165) is 29.7 Å². The molecular weight excluding hydrogens is 362 g/mol. The first-order chi connectivity index (χ1) is 14.0. The van der Waals surface area contributed by atoms with E-state index in [1.165, 1.54) is 11.1 Å². The van der Waals surface area contributed by atoms with Crippen molar-refractivity contribution >= 4 is 0 Å². The molecule has 4 rings (SSSR count). The number of rotatable bonds is 5. The molecule has 1 heterocycles. The van der Waals surface area contributed by atoms with E-state index in [0.29, 0.717) is 23.2 Å². The van der Waals surface area contributed by atoms with E-state index >= 15 is 0 Å². The topological polar surface area (TPSA) is 62.3 Å². The van der Waals surface area contributed by atoms with Gasteiger partial charge in [-0.05, 0) is 70.1 Å². The summed E-state index contributed by atoms with van der Waals surface area (Å²) in [5.41, 5.74) is 5.05. The molecule has 0 aliphatic heterocycles. The number of nitrogens with zero attached hydrogens (tertiary/aromatic N) is 3. The summed E-state index contributed by atoms with van der Waals surface area (Å²) in [5, 5.41) is 9.48. The minimum atomic E-state index is 0.00691. The summed E-state index contributed by atoms with van der Waals surface area (Å²) >= 11 is 0. The van der Waals surface area contributed by atoms with Gasteiger partial charge < -0.3 is 14.1 Å². The Labute approximate surface area is 171 Å². The maximum atomic E-state index is 9.48. The van der Waals surface area contributed by atoms with Gasteiger partial charge in [0.25, 0.3) is 0 Å². The van der Waals surface area contributed by atoms with Crippen molar-refractivity contribution in [3.63, 3.8) is 0 Å². The molecule has 0 fully saturated rings. The molecule has 1 atom stereocenters. The molecule has 1 aliphatic carbocycles. The third-order valence-electron chi connectivity index (χ3n) is 5.34. The zero-order chi connectivity index (χ0) is 20.5. The highest BCUT2D eigenvalue weighted by atomic mass is 16.5. The van der Waals surface area contributed by atoms with Crippen LogP contribution in [0.1, 0.15) is 43.0 Å². The summed E-state index contributed by atoms with van der Waals surface area (Å²) in [6, 6.07) is 14.5. The zero-order valence-electron chi connectivity index (χ0n) is 17.3. The number of benzene rings is 2. The summed E-state index contributed by atoms with van der Waals surface area (Å²) in [6.45, 7) is 3.88. The first kappa shape index (κ1) is 19.2. The van der Waals surface area contributed by atoms with Gasteiger partial charge >= 0.3 is 0 Å². The van der Waals surface area contributed by atoms with Crippen LogP contribution in [0.4, 0.5) is 0 Å². The van der Waals surface area contributed by atoms with Gasteiger partial charge in [-0.1, -0.05) is 18.2 Å². The van der Waals surface area contributed by atoms with Gasteiger partial charge in [0.2, 0.25) is 5.89 Å². The fourth-order valence-corrected chi connectivity index (χ4v) is 4.04. The first-order valence-corrected chi connectivity index (χ1v) is 9.93. The van der Waals surface area contributed by atoms with E-state index in [9.17, 15) is 5.26 Å². The summed E-state index contributed by atoms with van der Waals surface area (Å²) in [4.78, 5) is 6.75. The number of nitriles is 1. The summed E-state index contributed by atoms with van der Waals surface area (Å²) in [6.07, 6.45) is 3.93. The third-order valence-corrected chi connectivity index (χ3v) is 5.34. The SMILES string of the molecule is CC(C)Oc1ccc(-c2ncc(-c3cccc4c3CCC4N(C)C)o2)cc1C#N. The Morgan fingerprint density at radius 1 is 1.24 bits per heavy atom. The smallest absolute Gasteiger partial charge is 0.226 e. The van der Waals surface area contributed by atoms with Crippen LogP contribution in [0.15, 0.2) is 47.0 Å². The van der Waals surface area contributed by atoms with Crippen LogP contribution in [-0.4, -0.2) is 30.1 Å². The van der Waals surface area contributed by atoms with Crippen LogP contribution >= 0.6 is 0 Å². The Hall–Kier alpha value is -3.10. The predicted molar refractivity (Wildman–Crippen MR) is 113 cm³/mol. The molecule has 2 aromatic carbocycles. The molecule has 5 nitrogen and oxygen atoms in total. The summed E-state index contributed by atoms with van der Waals surface area (Å²) in [7, 11) is 4.25. The van der Waals surface area contributed by atoms with Crippen molar-refractivity contribution in [2.45, 2.75) is 38.8 Å². The van der Waals surface area contributed by atoms with Crippen LogP contribution in [0, 0.1) is 11.3 Å². The Balaban J connectivity index is 1.68. The highest BCUT2D eigenvalue weighted by molar-refractivity contribution is 5.68. The minimum absolute atomic E-state index is 0.00691. The van der Waals surface area contributed by atoms with E-state index in [1.807, 2.05) is 19.9 Å². The number of fused-ring (bicyclic) bond motifs is 1. The average molecular weight is 387 g/mol. The predicted octanol–water partition coefficient (Wildman–Crippen LogP) is 5.22. The summed E-state index contributed by atoms with van der Waals surface area (Å²) < 4.78 is 11.8. The van der Waals surface area contributed by atoms with Crippen molar-refractivity contribution in [2.75, 3.05) is 14.1 Å². The molecule has 148 valence electrons. The van der Waals surface area contributed by atoms with Gasteiger partial charge in [0.15, 0.2) is 5.76 Å². The van der Waals surface area contributed by atoms with Crippen molar-refractivity contribution in [1.29, 1.82) is 5.26 Å². The summed E-state index contributed by atoms with van der Waals surface area (Å²) in [5.74, 6) is 1.85. The van der Waals surface area contributed by atoms with E-state index in [4.69, 9.17) is 9.15 Å². The maximum Gasteiger partial charge on any atom is 0.226 e. The van der Waals surface area contributed by atoms with Crippen molar-refractivity contribution in [1.82, 2.24) is 9.88 Å². The van der Waals surface area contributed by atoms with Crippen molar-refractivity contribution in [3.8, 4) is 34.6 Å². The van der Waals surface area contributed by atoms with E-state index in [-0.39, 0.29) is 6.10 Å². The average Bonchev–Trinajstić information content (AvgIpc) is 3.35. The highest BCUT2D eigenvalue weighted by Crippen LogP contribution is 2.40. The number of oxazole rings is 1. The van der Waals surface area contributed by atoms with Gasteiger partial charge in [-0.15, -0.1) is 0 Å². The molecule has 0 radical (unpaired) electrons. The van der Waals surface area contributed by atoms with Crippen LogP contribution in [-0.2, 0) is 6.42 Å². The first-order valence-electron chi connectivity index (χ1n) is 9.93. The second-order valence-corrected chi connectivity index (χ2v) is 7.91. The number of hydrogen-bond donors (Lipinski definition) is 0. The van der Waals surface area contributed by atoms with Crippen LogP contribution in [0.5, 0.6) is 5.75 Å². The second-order valence-electron chi connectivity index (χ2n) is 7.91. The monoisotopic (exact) mass is 387 g/mol. The Bertz CT molecular complexity index is 1080. The molecule has 0 saturated carbocycles.